The summed E-state index contributed by atoms with van der Waals surface area (Å²) in [4.78, 5) is 19.5. The third kappa shape index (κ3) is 4.40. The molecule has 1 aliphatic heterocycles. The SMILES string of the molecule is CCCC(CC(=O)O)Oc1nc(N)c2ncc(CC3CCNCC3)n2n1. The van der Waals surface area contributed by atoms with Gasteiger partial charge >= 0.3 is 12.0 Å². The Morgan fingerprint density at radius 3 is 2.96 bits per heavy atom. The number of carbonyl (C=O) groups is 1. The van der Waals surface area contributed by atoms with E-state index in [1.807, 2.05) is 6.92 Å². The molecule has 0 radical (unpaired) electrons. The van der Waals surface area contributed by atoms with Crippen molar-refractivity contribution in [1.29, 1.82) is 0 Å². The van der Waals surface area contributed by atoms with Crippen molar-refractivity contribution in [3.63, 3.8) is 0 Å². The van der Waals surface area contributed by atoms with Crippen LogP contribution in [0.1, 0.15) is 44.7 Å². The van der Waals surface area contributed by atoms with Gasteiger partial charge in [-0.15, -0.1) is 5.10 Å². The van der Waals surface area contributed by atoms with Crippen LogP contribution in [0.3, 0.4) is 0 Å². The van der Waals surface area contributed by atoms with Crippen molar-refractivity contribution in [3.8, 4) is 6.01 Å². The van der Waals surface area contributed by atoms with E-state index in [9.17, 15) is 4.79 Å². The highest BCUT2D eigenvalue weighted by molar-refractivity contribution is 5.67. The number of piperidine rings is 1. The predicted octanol–water partition coefficient (Wildman–Crippen LogP) is 1.27. The Hall–Kier alpha value is -2.42. The third-order valence-electron chi connectivity index (χ3n) is 4.68. The van der Waals surface area contributed by atoms with Gasteiger partial charge in [-0.1, -0.05) is 13.3 Å². The van der Waals surface area contributed by atoms with E-state index in [1.165, 1.54) is 0 Å². The molecule has 1 atom stereocenters. The fourth-order valence-corrected chi connectivity index (χ4v) is 3.37. The molecule has 2 aromatic rings. The average Bonchev–Trinajstić information content (AvgIpc) is 2.99. The van der Waals surface area contributed by atoms with Crippen LogP contribution in [-0.4, -0.2) is 49.9 Å². The quantitative estimate of drug-likeness (QED) is 0.640. The largest absolute Gasteiger partial charge is 0.481 e. The smallest absolute Gasteiger partial charge is 0.336 e. The molecule has 9 heteroatoms. The minimum Gasteiger partial charge on any atom is -0.481 e. The number of carboxylic acids is 1. The van der Waals surface area contributed by atoms with Crippen LogP contribution in [0.15, 0.2) is 6.20 Å². The Morgan fingerprint density at radius 2 is 2.27 bits per heavy atom. The minimum atomic E-state index is -0.910. The van der Waals surface area contributed by atoms with Crippen LogP contribution in [0.4, 0.5) is 5.82 Å². The number of nitrogens with zero attached hydrogens (tertiary/aromatic N) is 4. The van der Waals surface area contributed by atoms with Crippen molar-refractivity contribution in [2.75, 3.05) is 18.8 Å². The number of hydrogen-bond donors (Lipinski definition) is 3. The van der Waals surface area contributed by atoms with Gasteiger partial charge in [-0.25, -0.2) is 9.50 Å². The number of nitrogens with two attached hydrogens (primary N) is 1. The van der Waals surface area contributed by atoms with Crippen LogP contribution in [-0.2, 0) is 11.2 Å². The summed E-state index contributed by atoms with van der Waals surface area (Å²) in [6.45, 7) is 4.03. The third-order valence-corrected chi connectivity index (χ3v) is 4.68. The molecule has 1 aliphatic rings. The number of fused-ring (bicyclic) bond motifs is 1. The molecule has 26 heavy (non-hydrogen) atoms. The molecule has 1 fully saturated rings. The molecule has 0 aromatic carbocycles. The summed E-state index contributed by atoms with van der Waals surface area (Å²) in [6.07, 6.45) is 5.73. The summed E-state index contributed by atoms with van der Waals surface area (Å²) in [5.74, 6) is -0.0968. The second kappa shape index (κ2) is 8.31. The van der Waals surface area contributed by atoms with E-state index in [2.05, 4.69) is 20.4 Å². The Bertz CT molecular complexity index is 756. The number of hydrogen-bond acceptors (Lipinski definition) is 7. The van der Waals surface area contributed by atoms with Crippen LogP contribution >= 0.6 is 0 Å². The first-order valence-corrected chi connectivity index (χ1v) is 9.16. The number of aromatic nitrogens is 4. The normalized spacial score (nSPS) is 16.7. The highest BCUT2D eigenvalue weighted by Gasteiger charge is 2.20. The molecule has 2 aromatic heterocycles. The molecule has 3 heterocycles. The van der Waals surface area contributed by atoms with Crippen molar-refractivity contribution < 1.29 is 14.6 Å². The highest BCUT2D eigenvalue weighted by Crippen LogP contribution is 2.21. The van der Waals surface area contributed by atoms with Crippen molar-refractivity contribution in [1.82, 2.24) is 24.9 Å². The van der Waals surface area contributed by atoms with E-state index in [4.69, 9.17) is 15.6 Å². The number of carboxylic acid groups (broad SMARTS) is 1. The zero-order valence-corrected chi connectivity index (χ0v) is 15.0. The summed E-state index contributed by atoms with van der Waals surface area (Å²) in [5, 5.41) is 16.8. The number of rotatable bonds is 8. The second-order valence-corrected chi connectivity index (χ2v) is 6.79. The number of nitrogen functional groups attached to an aromatic ring is 1. The molecular formula is C17H26N6O3. The lowest BCUT2D eigenvalue weighted by Crippen LogP contribution is -2.29. The van der Waals surface area contributed by atoms with Crippen molar-refractivity contribution in [3.05, 3.63) is 11.9 Å². The Balaban J connectivity index is 1.82. The van der Waals surface area contributed by atoms with Gasteiger partial charge in [0.05, 0.1) is 18.3 Å². The Kier molecular flexibility index (Phi) is 5.87. The first kappa shape index (κ1) is 18.4. The number of aliphatic carboxylic acids is 1. The van der Waals surface area contributed by atoms with Crippen LogP contribution in [0, 0.1) is 5.92 Å². The zero-order chi connectivity index (χ0) is 18.5. The lowest BCUT2D eigenvalue weighted by atomic mass is 9.93. The molecule has 3 rings (SSSR count). The van der Waals surface area contributed by atoms with Crippen LogP contribution in [0.5, 0.6) is 6.01 Å². The number of ether oxygens (including phenoxy) is 1. The van der Waals surface area contributed by atoms with Crippen LogP contribution in [0.2, 0.25) is 0 Å². The van der Waals surface area contributed by atoms with Gasteiger partial charge in [-0.3, -0.25) is 4.79 Å². The molecule has 9 nitrogen and oxygen atoms in total. The molecule has 0 amide bonds. The summed E-state index contributed by atoms with van der Waals surface area (Å²) < 4.78 is 7.41. The maximum atomic E-state index is 11.0. The number of anilines is 1. The van der Waals surface area contributed by atoms with Gasteiger partial charge in [0.2, 0.25) is 0 Å². The van der Waals surface area contributed by atoms with E-state index in [1.54, 1.807) is 10.7 Å². The van der Waals surface area contributed by atoms with Crippen molar-refractivity contribution in [2.24, 2.45) is 5.92 Å². The minimum absolute atomic E-state index is 0.0962. The average molecular weight is 362 g/mol. The van der Waals surface area contributed by atoms with Gasteiger partial charge in [0.25, 0.3) is 0 Å². The van der Waals surface area contributed by atoms with E-state index in [-0.39, 0.29) is 18.2 Å². The molecule has 142 valence electrons. The van der Waals surface area contributed by atoms with Gasteiger partial charge in [0.15, 0.2) is 11.5 Å². The summed E-state index contributed by atoms with van der Waals surface area (Å²) in [6, 6.07) is 0.0965. The maximum Gasteiger partial charge on any atom is 0.336 e. The van der Waals surface area contributed by atoms with Crippen molar-refractivity contribution >= 4 is 17.4 Å². The first-order chi connectivity index (χ1) is 12.6. The Morgan fingerprint density at radius 1 is 1.50 bits per heavy atom. The molecule has 0 saturated carbocycles. The van der Waals surface area contributed by atoms with E-state index in [0.29, 0.717) is 18.0 Å². The molecule has 0 bridgehead atoms. The van der Waals surface area contributed by atoms with Gasteiger partial charge < -0.3 is 20.9 Å². The second-order valence-electron chi connectivity index (χ2n) is 6.79. The predicted molar refractivity (Wildman–Crippen MR) is 96.1 cm³/mol. The topological polar surface area (TPSA) is 128 Å². The summed E-state index contributed by atoms with van der Waals surface area (Å²) in [7, 11) is 0. The molecule has 4 N–H and O–H groups in total. The van der Waals surface area contributed by atoms with Gasteiger partial charge in [-0.05, 0) is 44.7 Å². The lowest BCUT2D eigenvalue weighted by molar-refractivity contribution is -0.138. The fourth-order valence-electron chi connectivity index (χ4n) is 3.37. The molecule has 0 spiro atoms. The molecular weight excluding hydrogens is 336 g/mol. The first-order valence-electron chi connectivity index (χ1n) is 9.16. The van der Waals surface area contributed by atoms with Crippen LogP contribution in [0.25, 0.3) is 5.65 Å². The van der Waals surface area contributed by atoms with Gasteiger partial charge in [-0.2, -0.15) is 4.98 Å². The number of imidazole rings is 1. The summed E-state index contributed by atoms with van der Waals surface area (Å²) >= 11 is 0. The van der Waals surface area contributed by atoms with E-state index >= 15 is 0 Å². The monoisotopic (exact) mass is 362 g/mol. The van der Waals surface area contributed by atoms with Gasteiger partial charge in [0, 0.05) is 0 Å². The summed E-state index contributed by atoms with van der Waals surface area (Å²) in [5.41, 5.74) is 7.49. The lowest BCUT2D eigenvalue weighted by Gasteiger charge is -2.22. The van der Waals surface area contributed by atoms with Gasteiger partial charge in [0.1, 0.15) is 6.10 Å². The molecule has 0 aliphatic carbocycles. The zero-order valence-electron chi connectivity index (χ0n) is 15.0. The molecule has 1 unspecified atom stereocenters. The Labute approximate surface area is 152 Å². The molecule has 1 saturated heterocycles. The number of nitrogens with one attached hydrogen (secondary N) is 1. The van der Waals surface area contributed by atoms with Crippen LogP contribution < -0.4 is 15.8 Å². The highest BCUT2D eigenvalue weighted by atomic mass is 16.5. The van der Waals surface area contributed by atoms with E-state index < -0.39 is 12.1 Å². The fraction of sp³-hybridized carbons (Fsp3) is 0.647. The van der Waals surface area contributed by atoms with Crippen molar-refractivity contribution in [2.45, 2.75) is 51.6 Å². The standard InChI is InChI=1S/C17H26N6O3/c1-2-3-13(9-14(24)25)26-17-21-15(18)16-20-10-12(23(16)22-17)8-11-4-6-19-7-5-11/h10-11,13,19H,2-9H2,1H3,(H,24,25)(H2,18,21,22). The maximum absolute atomic E-state index is 11.0. The van der Waals surface area contributed by atoms with E-state index in [0.717, 1.165) is 44.5 Å².